The number of rotatable bonds is 5. The molecule has 6 heteroatoms. The van der Waals surface area contributed by atoms with Crippen LogP contribution in [0.25, 0.3) is 10.9 Å². The van der Waals surface area contributed by atoms with Gasteiger partial charge in [-0.15, -0.1) is 0 Å². The average molecular weight is 330 g/mol. The SMILES string of the molecule is CCOc1ccc2c(c1)c(=O)c(C(=O)NC[C@@H]1CCCO1)cn2C. The zero-order valence-corrected chi connectivity index (χ0v) is 14.0. The maximum Gasteiger partial charge on any atom is 0.256 e. The van der Waals surface area contributed by atoms with E-state index >= 15 is 0 Å². The first kappa shape index (κ1) is 16.5. The van der Waals surface area contributed by atoms with Crippen LogP contribution >= 0.6 is 0 Å². The molecule has 24 heavy (non-hydrogen) atoms. The van der Waals surface area contributed by atoms with Crippen molar-refractivity contribution in [3.05, 3.63) is 40.2 Å². The van der Waals surface area contributed by atoms with Crippen molar-refractivity contribution in [3.63, 3.8) is 0 Å². The molecule has 0 saturated carbocycles. The minimum absolute atomic E-state index is 0.0443. The summed E-state index contributed by atoms with van der Waals surface area (Å²) < 4.78 is 12.7. The molecule has 1 atom stereocenters. The van der Waals surface area contributed by atoms with Crippen LogP contribution in [0.4, 0.5) is 0 Å². The highest BCUT2D eigenvalue weighted by Crippen LogP contribution is 2.19. The lowest BCUT2D eigenvalue weighted by Gasteiger charge is -2.13. The fourth-order valence-electron chi connectivity index (χ4n) is 3.00. The second-order valence-electron chi connectivity index (χ2n) is 5.94. The third kappa shape index (κ3) is 3.28. The van der Waals surface area contributed by atoms with Crippen LogP contribution in [0.5, 0.6) is 5.75 Å². The van der Waals surface area contributed by atoms with E-state index in [4.69, 9.17) is 9.47 Å². The lowest BCUT2D eigenvalue weighted by atomic mass is 10.1. The van der Waals surface area contributed by atoms with Gasteiger partial charge in [0.05, 0.1) is 23.6 Å². The maximum atomic E-state index is 12.7. The number of benzene rings is 1. The zero-order valence-electron chi connectivity index (χ0n) is 14.0. The van der Waals surface area contributed by atoms with Gasteiger partial charge in [-0.3, -0.25) is 9.59 Å². The number of aromatic nitrogens is 1. The molecule has 1 aliphatic rings. The summed E-state index contributed by atoms with van der Waals surface area (Å²) in [5.74, 6) is 0.258. The molecule has 3 rings (SSSR count). The monoisotopic (exact) mass is 330 g/mol. The normalized spacial score (nSPS) is 17.2. The van der Waals surface area contributed by atoms with Gasteiger partial charge in [0.1, 0.15) is 11.3 Å². The molecule has 2 aromatic rings. The van der Waals surface area contributed by atoms with Gasteiger partial charge in [-0.1, -0.05) is 0 Å². The Morgan fingerprint density at radius 3 is 3.00 bits per heavy atom. The quantitative estimate of drug-likeness (QED) is 0.908. The molecule has 1 aromatic heterocycles. The third-order valence-electron chi connectivity index (χ3n) is 4.23. The Morgan fingerprint density at radius 2 is 2.29 bits per heavy atom. The molecular formula is C18H22N2O4. The van der Waals surface area contributed by atoms with Gasteiger partial charge in [0.2, 0.25) is 5.43 Å². The van der Waals surface area contributed by atoms with Gasteiger partial charge in [-0.2, -0.15) is 0 Å². The first-order valence-corrected chi connectivity index (χ1v) is 8.26. The van der Waals surface area contributed by atoms with E-state index in [1.807, 2.05) is 26.1 Å². The van der Waals surface area contributed by atoms with E-state index in [1.54, 1.807) is 16.8 Å². The topological polar surface area (TPSA) is 69.6 Å². The van der Waals surface area contributed by atoms with Gasteiger partial charge in [0.25, 0.3) is 5.91 Å². The van der Waals surface area contributed by atoms with Crippen molar-refractivity contribution in [1.82, 2.24) is 9.88 Å². The van der Waals surface area contributed by atoms with Crippen LogP contribution in [-0.2, 0) is 11.8 Å². The Bertz CT molecular complexity index is 807. The maximum absolute atomic E-state index is 12.7. The first-order valence-electron chi connectivity index (χ1n) is 8.26. The van der Waals surface area contributed by atoms with Crippen molar-refractivity contribution in [2.45, 2.75) is 25.9 Å². The summed E-state index contributed by atoms with van der Waals surface area (Å²) in [4.78, 5) is 25.1. The second-order valence-corrected chi connectivity index (χ2v) is 5.94. The van der Waals surface area contributed by atoms with Crippen LogP contribution in [0.15, 0.2) is 29.2 Å². The summed E-state index contributed by atoms with van der Waals surface area (Å²) in [6, 6.07) is 5.34. The predicted molar refractivity (Wildman–Crippen MR) is 91.7 cm³/mol. The highest BCUT2D eigenvalue weighted by molar-refractivity contribution is 5.97. The summed E-state index contributed by atoms with van der Waals surface area (Å²) >= 11 is 0. The minimum atomic E-state index is -0.366. The van der Waals surface area contributed by atoms with Crippen LogP contribution < -0.4 is 15.5 Å². The number of ether oxygens (including phenoxy) is 2. The number of aryl methyl sites for hydroxylation is 1. The second kappa shape index (κ2) is 7.05. The molecular weight excluding hydrogens is 308 g/mol. The number of pyridine rings is 1. The van der Waals surface area contributed by atoms with Crippen LogP contribution in [0.3, 0.4) is 0 Å². The Balaban J connectivity index is 1.90. The van der Waals surface area contributed by atoms with Crippen LogP contribution in [0.2, 0.25) is 0 Å². The average Bonchev–Trinajstić information content (AvgIpc) is 3.09. The summed E-state index contributed by atoms with van der Waals surface area (Å²) in [6.07, 6.45) is 3.57. The van der Waals surface area contributed by atoms with Crippen LogP contribution in [0.1, 0.15) is 30.1 Å². The molecule has 0 bridgehead atoms. The molecule has 6 nitrogen and oxygen atoms in total. The molecule has 1 aromatic carbocycles. The zero-order chi connectivity index (χ0) is 17.1. The van der Waals surface area contributed by atoms with Gasteiger partial charge in [0.15, 0.2) is 0 Å². The first-order chi connectivity index (χ1) is 11.6. The number of amides is 1. The molecule has 0 radical (unpaired) electrons. The molecule has 1 fully saturated rings. The van der Waals surface area contributed by atoms with Crippen molar-refractivity contribution >= 4 is 16.8 Å². The molecule has 1 saturated heterocycles. The number of nitrogens with zero attached hydrogens (tertiary/aromatic N) is 1. The van der Waals surface area contributed by atoms with E-state index < -0.39 is 0 Å². The predicted octanol–water partition coefficient (Wildman–Crippen LogP) is 1.85. The van der Waals surface area contributed by atoms with E-state index in [9.17, 15) is 9.59 Å². The molecule has 0 spiro atoms. The molecule has 1 aliphatic heterocycles. The van der Waals surface area contributed by atoms with Gasteiger partial charge in [-0.25, -0.2) is 0 Å². The molecule has 0 unspecified atom stereocenters. The Hall–Kier alpha value is -2.34. The van der Waals surface area contributed by atoms with Gasteiger partial charge < -0.3 is 19.4 Å². The van der Waals surface area contributed by atoms with Crippen molar-refractivity contribution in [2.24, 2.45) is 7.05 Å². The summed E-state index contributed by atoms with van der Waals surface area (Å²) in [5.41, 5.74) is 0.616. The van der Waals surface area contributed by atoms with Crippen molar-refractivity contribution in [3.8, 4) is 5.75 Å². The molecule has 1 N–H and O–H groups in total. The van der Waals surface area contributed by atoms with Gasteiger partial charge in [0, 0.05) is 26.4 Å². The van der Waals surface area contributed by atoms with E-state index in [0.717, 1.165) is 25.0 Å². The van der Waals surface area contributed by atoms with Gasteiger partial charge in [-0.05, 0) is 38.0 Å². The summed E-state index contributed by atoms with van der Waals surface area (Å²) in [6.45, 7) is 3.57. The Kier molecular flexibility index (Phi) is 4.85. The Labute approximate surface area is 140 Å². The van der Waals surface area contributed by atoms with Crippen LogP contribution in [-0.4, -0.2) is 36.3 Å². The lowest BCUT2D eigenvalue weighted by molar-refractivity contribution is 0.0856. The van der Waals surface area contributed by atoms with Gasteiger partial charge >= 0.3 is 0 Å². The molecule has 2 heterocycles. The van der Waals surface area contributed by atoms with Crippen molar-refractivity contribution < 1.29 is 14.3 Å². The van der Waals surface area contributed by atoms with Crippen LogP contribution in [0, 0.1) is 0 Å². The van der Waals surface area contributed by atoms with Crippen molar-refractivity contribution in [2.75, 3.05) is 19.8 Å². The van der Waals surface area contributed by atoms with E-state index in [2.05, 4.69) is 5.32 Å². The fraction of sp³-hybridized carbons (Fsp3) is 0.444. The molecule has 128 valence electrons. The number of carbonyl (C=O) groups excluding carboxylic acids is 1. The number of fused-ring (bicyclic) bond motifs is 1. The number of hydrogen-bond acceptors (Lipinski definition) is 4. The number of carbonyl (C=O) groups is 1. The highest BCUT2D eigenvalue weighted by Gasteiger charge is 2.19. The fourth-order valence-corrected chi connectivity index (χ4v) is 3.00. The summed E-state index contributed by atoms with van der Waals surface area (Å²) in [5, 5.41) is 3.28. The highest BCUT2D eigenvalue weighted by atomic mass is 16.5. The van der Waals surface area contributed by atoms with E-state index in [0.29, 0.717) is 24.3 Å². The lowest BCUT2D eigenvalue weighted by Crippen LogP contribution is -2.35. The molecule has 1 amide bonds. The number of hydrogen-bond donors (Lipinski definition) is 1. The summed E-state index contributed by atoms with van der Waals surface area (Å²) in [7, 11) is 1.82. The van der Waals surface area contributed by atoms with E-state index in [-0.39, 0.29) is 23.0 Å². The molecule has 0 aliphatic carbocycles. The number of nitrogens with one attached hydrogen (secondary N) is 1. The Morgan fingerprint density at radius 1 is 1.46 bits per heavy atom. The smallest absolute Gasteiger partial charge is 0.256 e. The van der Waals surface area contributed by atoms with E-state index in [1.165, 1.54) is 0 Å². The standard InChI is InChI=1S/C18H22N2O4/c1-3-23-12-6-7-16-14(9-12)17(21)15(11-20(16)2)18(22)19-10-13-5-4-8-24-13/h6-7,9,11,13H,3-5,8,10H2,1-2H3,(H,19,22)/t13-/m0/s1. The minimum Gasteiger partial charge on any atom is -0.494 e. The largest absolute Gasteiger partial charge is 0.494 e. The van der Waals surface area contributed by atoms with Crippen molar-refractivity contribution in [1.29, 1.82) is 0 Å². The third-order valence-corrected chi connectivity index (χ3v) is 4.23.